The summed E-state index contributed by atoms with van der Waals surface area (Å²) in [6, 6.07) is 17.0. The molecule has 22 heavy (non-hydrogen) atoms. The van der Waals surface area contributed by atoms with Gasteiger partial charge in [-0.05, 0) is 25.0 Å². The van der Waals surface area contributed by atoms with Crippen molar-refractivity contribution in [3.05, 3.63) is 60.2 Å². The Kier molecular flexibility index (Phi) is 5.11. The van der Waals surface area contributed by atoms with E-state index in [4.69, 9.17) is 0 Å². The predicted molar refractivity (Wildman–Crippen MR) is 88.3 cm³/mol. The topological polar surface area (TPSA) is 63.2 Å². The number of rotatable bonds is 6. The SMILES string of the molecule is CC(C)S(=O)(=O)NCC(=O)c1ccc(-c2ccccc2)cc1. The monoisotopic (exact) mass is 317 g/mol. The van der Waals surface area contributed by atoms with Gasteiger partial charge in [-0.3, -0.25) is 4.79 Å². The number of carbonyl (C=O) groups excluding carboxylic acids is 1. The number of ketones is 1. The number of hydrogen-bond acceptors (Lipinski definition) is 3. The van der Waals surface area contributed by atoms with Crippen LogP contribution in [-0.4, -0.2) is 26.0 Å². The summed E-state index contributed by atoms with van der Waals surface area (Å²) in [5.74, 6) is -0.246. The Bertz CT molecular complexity index is 735. The molecule has 0 saturated heterocycles. The number of nitrogens with one attached hydrogen (secondary N) is 1. The Morgan fingerprint density at radius 3 is 2.05 bits per heavy atom. The second-order valence-corrected chi connectivity index (χ2v) is 7.60. The molecule has 0 atom stereocenters. The van der Waals surface area contributed by atoms with E-state index in [0.717, 1.165) is 11.1 Å². The van der Waals surface area contributed by atoms with E-state index in [-0.39, 0.29) is 12.3 Å². The molecule has 2 aromatic carbocycles. The molecule has 0 aliphatic rings. The second kappa shape index (κ2) is 6.85. The normalized spacial score (nSPS) is 11.6. The molecule has 0 saturated carbocycles. The van der Waals surface area contributed by atoms with Crippen LogP contribution in [0.15, 0.2) is 54.6 Å². The summed E-state index contributed by atoms with van der Waals surface area (Å²) in [5, 5.41) is -0.555. The number of sulfonamides is 1. The lowest BCUT2D eigenvalue weighted by atomic mass is 10.0. The molecular formula is C17H19NO3S. The Morgan fingerprint density at radius 2 is 1.50 bits per heavy atom. The van der Waals surface area contributed by atoms with Crippen LogP contribution in [0.4, 0.5) is 0 Å². The fourth-order valence-electron chi connectivity index (χ4n) is 1.91. The number of carbonyl (C=O) groups is 1. The highest BCUT2D eigenvalue weighted by atomic mass is 32.2. The highest BCUT2D eigenvalue weighted by Gasteiger charge is 2.17. The average molecular weight is 317 g/mol. The van der Waals surface area contributed by atoms with Crippen molar-refractivity contribution in [2.75, 3.05) is 6.54 Å². The van der Waals surface area contributed by atoms with Crippen LogP contribution < -0.4 is 4.72 Å². The third kappa shape index (κ3) is 4.02. The minimum atomic E-state index is -3.42. The van der Waals surface area contributed by atoms with Crippen molar-refractivity contribution in [1.82, 2.24) is 4.72 Å². The summed E-state index contributed by atoms with van der Waals surface area (Å²) in [6.07, 6.45) is 0. The van der Waals surface area contributed by atoms with Gasteiger partial charge in [0, 0.05) is 5.56 Å². The molecule has 0 aliphatic heterocycles. The van der Waals surface area contributed by atoms with Crippen molar-refractivity contribution in [3.8, 4) is 11.1 Å². The summed E-state index contributed by atoms with van der Waals surface area (Å²) in [7, 11) is -3.42. The molecule has 4 nitrogen and oxygen atoms in total. The van der Waals surface area contributed by atoms with Crippen molar-refractivity contribution in [2.45, 2.75) is 19.1 Å². The lowest BCUT2D eigenvalue weighted by molar-refractivity contribution is 0.0997. The van der Waals surface area contributed by atoms with E-state index in [0.29, 0.717) is 5.56 Å². The van der Waals surface area contributed by atoms with Crippen LogP contribution in [0, 0.1) is 0 Å². The van der Waals surface area contributed by atoms with Gasteiger partial charge in [0.25, 0.3) is 0 Å². The molecule has 0 unspecified atom stereocenters. The zero-order valence-electron chi connectivity index (χ0n) is 12.6. The minimum absolute atomic E-state index is 0.217. The maximum atomic E-state index is 12.0. The average Bonchev–Trinajstić information content (AvgIpc) is 2.53. The Labute approximate surface area is 131 Å². The van der Waals surface area contributed by atoms with E-state index in [2.05, 4.69) is 4.72 Å². The fourth-order valence-corrected chi connectivity index (χ4v) is 2.58. The molecule has 2 rings (SSSR count). The quantitative estimate of drug-likeness (QED) is 0.833. The van der Waals surface area contributed by atoms with Crippen LogP contribution in [0.5, 0.6) is 0 Å². The van der Waals surface area contributed by atoms with Crippen molar-refractivity contribution < 1.29 is 13.2 Å². The van der Waals surface area contributed by atoms with Gasteiger partial charge in [0.05, 0.1) is 11.8 Å². The van der Waals surface area contributed by atoms with Crippen LogP contribution in [-0.2, 0) is 10.0 Å². The summed E-state index contributed by atoms with van der Waals surface area (Å²) < 4.78 is 25.6. The van der Waals surface area contributed by atoms with E-state index < -0.39 is 15.3 Å². The minimum Gasteiger partial charge on any atom is -0.293 e. The number of benzene rings is 2. The first-order chi connectivity index (χ1) is 10.4. The summed E-state index contributed by atoms with van der Waals surface area (Å²) >= 11 is 0. The third-order valence-corrected chi connectivity index (χ3v) is 5.16. The number of hydrogen-bond donors (Lipinski definition) is 1. The van der Waals surface area contributed by atoms with Crippen molar-refractivity contribution in [3.63, 3.8) is 0 Å². The molecule has 0 bridgehead atoms. The van der Waals surface area contributed by atoms with Crippen LogP contribution in [0.25, 0.3) is 11.1 Å². The molecule has 0 spiro atoms. The maximum absolute atomic E-state index is 12.0. The highest BCUT2D eigenvalue weighted by Crippen LogP contribution is 2.19. The molecule has 2 aromatic rings. The van der Waals surface area contributed by atoms with E-state index in [1.165, 1.54) is 0 Å². The Balaban J connectivity index is 2.06. The van der Waals surface area contributed by atoms with Gasteiger partial charge < -0.3 is 0 Å². The molecule has 0 amide bonds. The molecule has 1 N–H and O–H groups in total. The van der Waals surface area contributed by atoms with Gasteiger partial charge in [-0.25, -0.2) is 13.1 Å². The summed E-state index contributed by atoms with van der Waals surface area (Å²) in [6.45, 7) is 2.92. The van der Waals surface area contributed by atoms with Crippen molar-refractivity contribution >= 4 is 15.8 Å². The largest absolute Gasteiger partial charge is 0.293 e. The van der Waals surface area contributed by atoms with Gasteiger partial charge in [-0.15, -0.1) is 0 Å². The Morgan fingerprint density at radius 1 is 0.955 bits per heavy atom. The molecular weight excluding hydrogens is 298 g/mol. The van der Waals surface area contributed by atoms with E-state index in [9.17, 15) is 13.2 Å². The molecule has 0 heterocycles. The van der Waals surface area contributed by atoms with Gasteiger partial charge in [0.1, 0.15) is 0 Å². The first-order valence-corrected chi connectivity index (χ1v) is 8.62. The zero-order valence-corrected chi connectivity index (χ0v) is 13.4. The standard InChI is InChI=1S/C17H19NO3S/c1-13(2)22(20,21)18-12-17(19)16-10-8-15(9-11-16)14-6-4-3-5-7-14/h3-11,13,18H,12H2,1-2H3. The van der Waals surface area contributed by atoms with Crippen LogP contribution >= 0.6 is 0 Å². The van der Waals surface area contributed by atoms with Gasteiger partial charge in [0.15, 0.2) is 5.78 Å². The van der Waals surface area contributed by atoms with Gasteiger partial charge in [0.2, 0.25) is 10.0 Å². The van der Waals surface area contributed by atoms with Gasteiger partial charge in [-0.1, -0.05) is 54.6 Å². The third-order valence-electron chi connectivity index (χ3n) is 3.37. The van der Waals surface area contributed by atoms with Crippen LogP contribution in [0.1, 0.15) is 24.2 Å². The smallest absolute Gasteiger partial charge is 0.214 e. The van der Waals surface area contributed by atoms with Crippen molar-refractivity contribution in [2.24, 2.45) is 0 Å². The van der Waals surface area contributed by atoms with Gasteiger partial charge >= 0.3 is 0 Å². The summed E-state index contributed by atoms with van der Waals surface area (Å²) in [5.41, 5.74) is 2.58. The van der Waals surface area contributed by atoms with Gasteiger partial charge in [-0.2, -0.15) is 0 Å². The predicted octanol–water partition coefficient (Wildman–Crippen LogP) is 2.86. The zero-order chi connectivity index (χ0) is 16.2. The van der Waals surface area contributed by atoms with E-state index in [1.807, 2.05) is 42.5 Å². The molecule has 0 radical (unpaired) electrons. The molecule has 0 fully saturated rings. The first kappa shape index (κ1) is 16.4. The first-order valence-electron chi connectivity index (χ1n) is 7.07. The molecule has 0 aliphatic carbocycles. The lowest BCUT2D eigenvalue weighted by Crippen LogP contribution is -2.34. The molecule has 5 heteroatoms. The van der Waals surface area contributed by atoms with Crippen LogP contribution in [0.3, 0.4) is 0 Å². The number of Topliss-reactive ketones (excluding diaryl/α,β-unsaturated/α-hetero) is 1. The molecule has 0 aromatic heterocycles. The second-order valence-electron chi connectivity index (χ2n) is 5.28. The maximum Gasteiger partial charge on any atom is 0.214 e. The van der Waals surface area contributed by atoms with E-state index >= 15 is 0 Å². The lowest BCUT2D eigenvalue weighted by Gasteiger charge is -2.09. The Hall–Kier alpha value is -1.98. The molecule has 116 valence electrons. The summed E-state index contributed by atoms with van der Waals surface area (Å²) in [4.78, 5) is 12.0. The highest BCUT2D eigenvalue weighted by molar-refractivity contribution is 7.90. The van der Waals surface area contributed by atoms with E-state index in [1.54, 1.807) is 26.0 Å². The van der Waals surface area contributed by atoms with Crippen molar-refractivity contribution in [1.29, 1.82) is 0 Å². The fraction of sp³-hybridized carbons (Fsp3) is 0.235. The van der Waals surface area contributed by atoms with Crippen LogP contribution in [0.2, 0.25) is 0 Å².